The Morgan fingerprint density at radius 3 is 1.69 bits per heavy atom. The molecule has 0 aromatic heterocycles. The van der Waals surface area contributed by atoms with Crippen LogP contribution in [-0.2, 0) is 10.5 Å². The molecule has 1 aliphatic carbocycles. The van der Waals surface area contributed by atoms with Gasteiger partial charge in [-0.3, -0.25) is 4.79 Å². The molecule has 0 saturated heterocycles. The van der Waals surface area contributed by atoms with E-state index in [9.17, 15) is 44.3 Å². The Kier molecular flexibility index (Phi) is 4.93. The fourth-order valence-corrected chi connectivity index (χ4v) is 2.49. The van der Waals surface area contributed by atoms with Gasteiger partial charge < -0.3 is 4.74 Å². The molecule has 0 radical (unpaired) electrons. The van der Waals surface area contributed by atoms with E-state index in [-0.39, 0.29) is 0 Å². The van der Waals surface area contributed by atoms with Crippen LogP contribution in [0.25, 0.3) is 0 Å². The van der Waals surface area contributed by atoms with Crippen molar-refractivity contribution in [2.24, 2.45) is 0 Å². The lowest BCUT2D eigenvalue weighted by atomic mass is 9.85. The number of ketones is 1. The van der Waals surface area contributed by atoms with E-state index in [1.54, 1.807) is 0 Å². The van der Waals surface area contributed by atoms with Crippen LogP contribution >= 0.6 is 0 Å². The van der Waals surface area contributed by atoms with Crippen LogP contribution in [0.2, 0.25) is 0 Å². The van der Waals surface area contributed by atoms with Crippen molar-refractivity contribution in [3.05, 3.63) is 88.2 Å². The highest BCUT2D eigenvalue weighted by molar-refractivity contribution is 6.05. The first-order valence-electron chi connectivity index (χ1n) is 7.47. The first-order chi connectivity index (χ1) is 13.5. The van der Waals surface area contributed by atoms with E-state index >= 15 is 0 Å². The molecule has 1 atom stereocenters. The third-order valence-electron chi connectivity index (χ3n) is 3.95. The van der Waals surface area contributed by atoms with Crippen LogP contribution in [0.5, 0.6) is 5.75 Å². The van der Waals surface area contributed by atoms with Crippen molar-refractivity contribution >= 4 is 5.78 Å². The Hall–Kier alpha value is -3.24. The summed E-state index contributed by atoms with van der Waals surface area (Å²) in [7, 11) is 0. The summed E-state index contributed by atoms with van der Waals surface area (Å²) in [5.41, 5.74) is -4.79. The Morgan fingerprint density at radius 2 is 1.17 bits per heavy atom. The Bertz CT molecular complexity index is 1060. The van der Waals surface area contributed by atoms with E-state index in [1.165, 1.54) is 6.07 Å². The molecular formula is C18H5F9O2. The second kappa shape index (κ2) is 6.98. The highest BCUT2D eigenvalue weighted by Gasteiger charge is 2.54. The van der Waals surface area contributed by atoms with Crippen LogP contribution in [0.4, 0.5) is 39.5 Å². The number of carbonyl (C=O) groups excluding carboxylic acids is 1. The maximum Gasteiger partial charge on any atom is 0.254 e. The van der Waals surface area contributed by atoms with Gasteiger partial charge in [0.25, 0.3) is 5.67 Å². The molecular weight excluding hydrogens is 419 g/mol. The van der Waals surface area contributed by atoms with Crippen LogP contribution in [0, 0.1) is 29.1 Å². The van der Waals surface area contributed by atoms with E-state index in [1.807, 2.05) is 0 Å². The SMILES string of the molecule is O=C1C(F)=C(Oc2c(F)c(F)c(F)c(F)c2F)C(F)=C(F)[C@@]1(F)c1ccccc1. The van der Waals surface area contributed by atoms with Gasteiger partial charge in [0.1, 0.15) is 0 Å². The van der Waals surface area contributed by atoms with E-state index in [0.717, 1.165) is 24.3 Å². The monoisotopic (exact) mass is 424 g/mol. The molecule has 0 aliphatic heterocycles. The number of hydrogen-bond donors (Lipinski definition) is 0. The number of carbonyl (C=O) groups is 1. The summed E-state index contributed by atoms with van der Waals surface area (Å²) in [4.78, 5) is 12.0. The Morgan fingerprint density at radius 1 is 0.690 bits per heavy atom. The zero-order chi connectivity index (χ0) is 21.7. The molecule has 1 aliphatic rings. The summed E-state index contributed by atoms with van der Waals surface area (Å²) >= 11 is 0. The molecule has 0 spiro atoms. The first-order valence-corrected chi connectivity index (χ1v) is 7.47. The minimum Gasteiger partial charge on any atom is -0.444 e. The van der Waals surface area contributed by atoms with Crippen molar-refractivity contribution in [3.63, 3.8) is 0 Å². The van der Waals surface area contributed by atoms with Crippen LogP contribution in [-0.4, -0.2) is 5.78 Å². The number of halogens is 9. The lowest BCUT2D eigenvalue weighted by Gasteiger charge is -2.27. The predicted octanol–water partition coefficient (Wildman–Crippen LogP) is 5.54. The molecule has 152 valence electrons. The maximum atomic E-state index is 15.0. The van der Waals surface area contributed by atoms with Crippen LogP contribution in [0.3, 0.4) is 0 Å². The molecule has 0 bridgehead atoms. The van der Waals surface area contributed by atoms with Crippen molar-refractivity contribution in [2.45, 2.75) is 5.67 Å². The molecule has 2 nitrogen and oxygen atoms in total. The third kappa shape index (κ3) is 2.88. The summed E-state index contributed by atoms with van der Waals surface area (Å²) < 4.78 is 129. The summed E-state index contributed by atoms with van der Waals surface area (Å²) in [6, 6.07) is 5.22. The standard InChI is InChI=1S/C18H5F9O2/c19-7-8(20)10(22)14(11(23)9(7)21)29-15-12(24)16(26)18(27,17(28)13(15)25)6-4-2-1-3-5-6/h1-5H/t18-/m0/s1. The van der Waals surface area contributed by atoms with Gasteiger partial charge in [-0.05, 0) is 0 Å². The summed E-state index contributed by atoms with van der Waals surface area (Å²) in [5, 5.41) is 0. The van der Waals surface area contributed by atoms with Crippen LogP contribution in [0.15, 0.2) is 53.6 Å². The van der Waals surface area contributed by atoms with E-state index < -0.39 is 75.1 Å². The zero-order valence-corrected chi connectivity index (χ0v) is 13.6. The molecule has 29 heavy (non-hydrogen) atoms. The number of hydrogen-bond acceptors (Lipinski definition) is 2. The highest BCUT2D eigenvalue weighted by Crippen LogP contribution is 2.47. The van der Waals surface area contributed by atoms with Gasteiger partial charge in [-0.1, -0.05) is 30.3 Å². The third-order valence-corrected chi connectivity index (χ3v) is 3.95. The number of benzene rings is 2. The van der Waals surface area contributed by atoms with Crippen molar-refractivity contribution in [3.8, 4) is 5.75 Å². The van der Waals surface area contributed by atoms with Gasteiger partial charge in [-0.15, -0.1) is 0 Å². The fourth-order valence-electron chi connectivity index (χ4n) is 2.49. The molecule has 2 aromatic rings. The quantitative estimate of drug-likeness (QED) is 0.368. The lowest BCUT2D eigenvalue weighted by molar-refractivity contribution is -0.128. The summed E-state index contributed by atoms with van der Waals surface area (Å²) in [5.74, 6) is -27.3. The van der Waals surface area contributed by atoms with E-state index in [4.69, 9.17) is 0 Å². The average molecular weight is 424 g/mol. The predicted molar refractivity (Wildman–Crippen MR) is 78.5 cm³/mol. The van der Waals surface area contributed by atoms with Crippen molar-refractivity contribution in [1.82, 2.24) is 0 Å². The van der Waals surface area contributed by atoms with Crippen molar-refractivity contribution < 1.29 is 49.0 Å². The smallest absolute Gasteiger partial charge is 0.254 e. The molecule has 0 unspecified atom stereocenters. The second-order valence-electron chi connectivity index (χ2n) is 5.63. The topological polar surface area (TPSA) is 26.3 Å². The molecule has 0 saturated carbocycles. The molecule has 0 N–H and O–H groups in total. The first kappa shape index (κ1) is 20.5. The summed E-state index contributed by atoms with van der Waals surface area (Å²) in [6.45, 7) is 0. The minimum atomic E-state index is -3.97. The average Bonchev–Trinajstić information content (AvgIpc) is 2.73. The number of ether oxygens (including phenoxy) is 1. The Balaban J connectivity index is 2.16. The van der Waals surface area contributed by atoms with E-state index in [0.29, 0.717) is 0 Å². The van der Waals surface area contributed by atoms with Crippen molar-refractivity contribution in [1.29, 1.82) is 0 Å². The molecule has 2 aromatic carbocycles. The largest absolute Gasteiger partial charge is 0.444 e. The van der Waals surface area contributed by atoms with Crippen LogP contribution < -0.4 is 4.74 Å². The molecule has 11 heteroatoms. The molecule has 0 fully saturated rings. The number of Topliss-reactive ketones (excluding diaryl/α,β-unsaturated/α-hetero) is 1. The highest BCUT2D eigenvalue weighted by atomic mass is 19.2. The van der Waals surface area contributed by atoms with Gasteiger partial charge in [-0.25, -0.2) is 22.0 Å². The van der Waals surface area contributed by atoms with Gasteiger partial charge in [0, 0.05) is 5.56 Å². The maximum absolute atomic E-state index is 15.0. The number of allylic oxidation sites excluding steroid dienone is 3. The van der Waals surface area contributed by atoms with Gasteiger partial charge in [-0.2, -0.15) is 17.6 Å². The minimum absolute atomic E-state index is 0.817. The zero-order valence-electron chi connectivity index (χ0n) is 13.6. The Labute approximate surface area is 155 Å². The fraction of sp³-hybridized carbons (Fsp3) is 0.0556. The second-order valence-corrected chi connectivity index (χ2v) is 5.63. The van der Waals surface area contributed by atoms with E-state index in [2.05, 4.69) is 4.74 Å². The van der Waals surface area contributed by atoms with Crippen molar-refractivity contribution in [2.75, 3.05) is 0 Å². The van der Waals surface area contributed by atoms with Gasteiger partial charge in [0.2, 0.25) is 58.0 Å². The molecule has 0 heterocycles. The molecule has 3 rings (SSSR count). The normalized spacial score (nSPS) is 19.8. The van der Waals surface area contributed by atoms with Gasteiger partial charge in [0.05, 0.1) is 0 Å². The molecule has 0 amide bonds. The van der Waals surface area contributed by atoms with Crippen LogP contribution in [0.1, 0.15) is 5.56 Å². The van der Waals surface area contributed by atoms with Gasteiger partial charge >= 0.3 is 0 Å². The van der Waals surface area contributed by atoms with Gasteiger partial charge in [0.15, 0.2) is 5.83 Å². The summed E-state index contributed by atoms with van der Waals surface area (Å²) in [6.07, 6.45) is 0. The number of rotatable bonds is 3. The lowest BCUT2D eigenvalue weighted by Crippen LogP contribution is -2.37. The number of alkyl halides is 1.